The van der Waals surface area contributed by atoms with E-state index in [1.54, 1.807) is 13.8 Å². The normalized spacial score (nSPS) is 24.5. The van der Waals surface area contributed by atoms with E-state index in [1.807, 2.05) is 5.32 Å². The van der Waals surface area contributed by atoms with E-state index in [0.29, 0.717) is 0 Å². The lowest BCUT2D eigenvalue weighted by molar-refractivity contribution is -0.170. The van der Waals surface area contributed by atoms with Crippen molar-refractivity contribution in [2.75, 3.05) is 6.61 Å². The van der Waals surface area contributed by atoms with E-state index in [2.05, 4.69) is 4.99 Å². The highest BCUT2D eigenvalue weighted by atomic mass is 19.1. The van der Waals surface area contributed by atoms with Gasteiger partial charge in [-0.2, -0.15) is 0 Å². The largest absolute Gasteiger partial charge is 0.748 e. The van der Waals surface area contributed by atoms with Crippen LogP contribution in [0.4, 0.5) is 9.18 Å². The molecular weight excluding hydrogens is 325 g/mol. The predicted octanol–water partition coefficient (Wildman–Crippen LogP) is 0.982. The minimum absolute atomic E-state index is 0.126. The molecule has 1 aliphatic heterocycles. The molecule has 2 unspecified atom stereocenters. The van der Waals surface area contributed by atoms with Crippen molar-refractivity contribution in [2.24, 2.45) is 10.9 Å². The maximum Gasteiger partial charge on any atom is 0.358 e. The summed E-state index contributed by atoms with van der Waals surface area (Å²) in [5, 5.41) is 12.5. The van der Waals surface area contributed by atoms with Crippen molar-refractivity contribution in [1.82, 2.24) is 10.4 Å². The van der Waals surface area contributed by atoms with Crippen LogP contribution in [-0.2, 0) is 14.3 Å². The number of hydrogen-bond donors (Lipinski definition) is 1. The number of nitrogens with one attached hydrogen (secondary N) is 1. The third-order valence-electron chi connectivity index (χ3n) is 3.06. The number of rotatable bonds is 5. The summed E-state index contributed by atoms with van der Waals surface area (Å²) in [6.07, 6.45) is 0.390. The molecule has 1 aliphatic rings. The van der Waals surface area contributed by atoms with Gasteiger partial charge in [-0.25, -0.2) is 14.0 Å². The summed E-state index contributed by atoms with van der Waals surface area (Å²) in [5.41, 5.74) is -3.46. The van der Waals surface area contributed by atoms with Crippen molar-refractivity contribution in [3.05, 3.63) is 29.4 Å². The number of imide groups is 1. The molecule has 0 saturated carbocycles. The van der Waals surface area contributed by atoms with Gasteiger partial charge in [0.05, 0.1) is 19.1 Å². The SMILES string of the molecule is CC(C)COC(=O)C1(F)C(=O)N([O-])C(=O)NC1N=Cc1ccco1. The molecule has 1 aromatic heterocycles. The molecule has 2 rings (SSSR count). The number of ether oxygens (including phenoxy) is 1. The molecule has 1 saturated heterocycles. The fourth-order valence-corrected chi connectivity index (χ4v) is 1.83. The van der Waals surface area contributed by atoms with Crippen LogP contribution in [0, 0.1) is 11.1 Å². The van der Waals surface area contributed by atoms with Crippen molar-refractivity contribution in [3.63, 3.8) is 0 Å². The van der Waals surface area contributed by atoms with Crippen LogP contribution in [0.5, 0.6) is 0 Å². The Balaban J connectivity index is 2.31. The molecule has 0 spiro atoms. The number of aliphatic imine (C=N–C) groups is 1. The molecule has 0 bridgehead atoms. The molecule has 2 heterocycles. The van der Waals surface area contributed by atoms with Crippen LogP contribution >= 0.6 is 0 Å². The summed E-state index contributed by atoms with van der Waals surface area (Å²) in [6, 6.07) is 1.59. The van der Waals surface area contributed by atoms with Gasteiger partial charge in [-0.05, 0) is 18.1 Å². The maximum absolute atomic E-state index is 15.1. The quantitative estimate of drug-likeness (QED) is 0.484. The number of hydroxylamine groups is 2. The standard InChI is InChI=1S/C14H15FN3O6/c1-8(2)7-24-12(20)14(15)10(16-6-9-4-3-5-23-9)17-13(21)18(22)11(14)19/h3-6,8,10H,7H2,1-2H3,(H,17,21)/q-1. The van der Waals surface area contributed by atoms with Crippen LogP contribution in [0.3, 0.4) is 0 Å². The first-order valence-corrected chi connectivity index (χ1v) is 7.01. The van der Waals surface area contributed by atoms with Gasteiger partial charge in [0.1, 0.15) is 5.76 Å². The molecule has 9 nitrogen and oxygen atoms in total. The third kappa shape index (κ3) is 3.27. The molecule has 0 aliphatic carbocycles. The van der Waals surface area contributed by atoms with Crippen molar-refractivity contribution < 1.29 is 27.9 Å². The second-order valence-electron chi connectivity index (χ2n) is 5.45. The fraction of sp³-hybridized carbons (Fsp3) is 0.429. The van der Waals surface area contributed by atoms with Crippen LogP contribution < -0.4 is 5.32 Å². The Bertz CT molecular complexity index is 659. The van der Waals surface area contributed by atoms with E-state index in [-0.39, 0.29) is 18.3 Å². The average molecular weight is 340 g/mol. The van der Waals surface area contributed by atoms with E-state index in [0.717, 1.165) is 6.21 Å². The lowest BCUT2D eigenvalue weighted by atomic mass is 9.99. The summed E-state index contributed by atoms with van der Waals surface area (Å²) in [7, 11) is 0. The second-order valence-corrected chi connectivity index (χ2v) is 5.45. The van der Waals surface area contributed by atoms with Crippen LogP contribution in [0.15, 0.2) is 27.8 Å². The van der Waals surface area contributed by atoms with Crippen molar-refractivity contribution in [1.29, 1.82) is 0 Å². The minimum atomic E-state index is -3.46. The Labute approximate surface area is 136 Å². The molecule has 24 heavy (non-hydrogen) atoms. The molecule has 130 valence electrons. The molecule has 10 heteroatoms. The molecule has 2 atom stereocenters. The summed E-state index contributed by atoms with van der Waals surface area (Å²) in [4.78, 5) is 39.0. The van der Waals surface area contributed by atoms with E-state index >= 15 is 4.39 Å². The highest BCUT2D eigenvalue weighted by Gasteiger charge is 2.60. The number of alkyl halides is 1. The number of nitrogens with zero attached hydrogens (tertiary/aromatic N) is 2. The van der Waals surface area contributed by atoms with Gasteiger partial charge < -0.3 is 24.7 Å². The number of hydrogen-bond acceptors (Lipinski definition) is 7. The molecule has 1 N–H and O–H groups in total. The fourth-order valence-electron chi connectivity index (χ4n) is 1.83. The number of urea groups is 1. The van der Waals surface area contributed by atoms with Crippen LogP contribution in [0.25, 0.3) is 0 Å². The zero-order chi connectivity index (χ0) is 17.9. The first-order chi connectivity index (χ1) is 11.3. The molecule has 1 aromatic rings. The average Bonchev–Trinajstić information content (AvgIpc) is 3.06. The maximum atomic E-state index is 15.1. The number of carbonyl (C=O) groups excluding carboxylic acids is 3. The number of carbonyl (C=O) groups is 3. The summed E-state index contributed by atoms with van der Waals surface area (Å²) < 4.78 is 24.8. The van der Waals surface area contributed by atoms with Gasteiger partial charge in [-0.3, -0.25) is 9.79 Å². The summed E-state index contributed by atoms with van der Waals surface area (Å²) in [5.74, 6) is -3.41. The zero-order valence-corrected chi connectivity index (χ0v) is 12.9. The van der Waals surface area contributed by atoms with Gasteiger partial charge in [-0.15, -0.1) is 0 Å². The van der Waals surface area contributed by atoms with E-state index in [1.165, 1.54) is 18.4 Å². The minimum Gasteiger partial charge on any atom is -0.748 e. The topological polar surface area (TPSA) is 124 Å². The van der Waals surface area contributed by atoms with Gasteiger partial charge in [0.15, 0.2) is 6.17 Å². The smallest absolute Gasteiger partial charge is 0.358 e. The Morgan fingerprint density at radius 3 is 2.92 bits per heavy atom. The highest BCUT2D eigenvalue weighted by molar-refractivity contribution is 6.14. The molecule has 0 aromatic carbocycles. The monoisotopic (exact) mass is 340 g/mol. The molecular formula is C14H15FN3O6-. The molecule has 1 fully saturated rings. The van der Waals surface area contributed by atoms with Gasteiger partial charge in [0.25, 0.3) is 5.91 Å². The lowest BCUT2D eigenvalue weighted by Gasteiger charge is -2.40. The van der Waals surface area contributed by atoms with Crippen LogP contribution in [0.2, 0.25) is 0 Å². The third-order valence-corrected chi connectivity index (χ3v) is 3.06. The first kappa shape index (κ1) is 17.6. The predicted molar refractivity (Wildman–Crippen MR) is 78.5 cm³/mol. The Kier molecular flexibility index (Phi) is 4.98. The number of esters is 1. The Morgan fingerprint density at radius 2 is 2.33 bits per heavy atom. The summed E-state index contributed by atoms with van der Waals surface area (Å²) >= 11 is 0. The lowest BCUT2D eigenvalue weighted by Crippen LogP contribution is -2.69. The first-order valence-electron chi connectivity index (χ1n) is 7.01. The van der Waals surface area contributed by atoms with Gasteiger partial charge in [0.2, 0.25) is 0 Å². The molecule has 3 amide bonds. The van der Waals surface area contributed by atoms with E-state index in [4.69, 9.17) is 9.15 Å². The van der Waals surface area contributed by atoms with Gasteiger partial charge in [-0.1, -0.05) is 13.8 Å². The summed E-state index contributed by atoms with van der Waals surface area (Å²) in [6.45, 7) is 3.24. The van der Waals surface area contributed by atoms with Crippen molar-refractivity contribution in [3.8, 4) is 0 Å². The number of halogens is 1. The number of amides is 3. The van der Waals surface area contributed by atoms with Crippen molar-refractivity contribution >= 4 is 24.1 Å². The zero-order valence-electron chi connectivity index (χ0n) is 12.9. The van der Waals surface area contributed by atoms with Gasteiger partial charge >= 0.3 is 17.7 Å². The van der Waals surface area contributed by atoms with Crippen LogP contribution in [-0.4, -0.2) is 47.6 Å². The molecule has 0 radical (unpaired) electrons. The van der Waals surface area contributed by atoms with Gasteiger partial charge in [0, 0.05) is 0 Å². The number of furan rings is 1. The van der Waals surface area contributed by atoms with E-state index in [9.17, 15) is 19.6 Å². The van der Waals surface area contributed by atoms with Crippen molar-refractivity contribution in [2.45, 2.75) is 25.7 Å². The Morgan fingerprint density at radius 1 is 1.62 bits per heavy atom. The highest BCUT2D eigenvalue weighted by Crippen LogP contribution is 2.27. The second kappa shape index (κ2) is 6.79. The Hall–Kier alpha value is -2.75. The van der Waals surface area contributed by atoms with Crippen LogP contribution in [0.1, 0.15) is 19.6 Å². The van der Waals surface area contributed by atoms with E-state index < -0.39 is 34.8 Å².